The molecule has 1 aliphatic heterocycles. The smallest absolute Gasteiger partial charge is 0.251 e. The van der Waals surface area contributed by atoms with Gasteiger partial charge in [0.2, 0.25) is 0 Å². The Kier molecular flexibility index (Phi) is 6.41. The van der Waals surface area contributed by atoms with Gasteiger partial charge < -0.3 is 14.5 Å². The molecule has 2 aliphatic rings. The molecule has 1 heterocycles. The van der Waals surface area contributed by atoms with Crippen molar-refractivity contribution in [2.24, 2.45) is 5.92 Å². The number of carbonyl (C=O) groups is 1. The largest absolute Gasteiger partial charge is 0.497 e. The molecule has 1 saturated carbocycles. The molecule has 182 valence electrons. The maximum Gasteiger partial charge on any atom is 0.251 e. The lowest BCUT2D eigenvalue weighted by Gasteiger charge is -2.55. The molecule has 1 N–H and O–H groups in total. The second kappa shape index (κ2) is 9.50. The third kappa shape index (κ3) is 4.60. The molecule has 4 nitrogen and oxygen atoms in total. The summed E-state index contributed by atoms with van der Waals surface area (Å²) in [5.41, 5.74) is 2.14. The van der Waals surface area contributed by atoms with Gasteiger partial charge in [0.25, 0.3) is 5.91 Å². The first kappa shape index (κ1) is 23.6. The molecule has 4 atom stereocenters. The van der Waals surface area contributed by atoms with Crippen LogP contribution in [0, 0.1) is 5.92 Å². The number of methoxy groups -OCH3 is 1. The summed E-state index contributed by atoms with van der Waals surface area (Å²) in [6, 6.07) is 23.0. The van der Waals surface area contributed by atoms with Crippen LogP contribution in [0.2, 0.25) is 0 Å². The molecule has 0 radical (unpaired) electrons. The number of nitrogens with zero attached hydrogens (tertiary/aromatic N) is 1. The van der Waals surface area contributed by atoms with Crippen molar-refractivity contribution in [3.05, 3.63) is 90.5 Å². The van der Waals surface area contributed by atoms with E-state index in [4.69, 9.17) is 4.74 Å². The Bertz CT molecular complexity index is 1240. The number of quaternary nitrogens is 1. The molecule has 1 saturated heterocycles. The number of likely N-dealkylation sites (N-methyl/N-ethyl adjacent to an activating group) is 1. The predicted octanol–water partition coefficient (Wildman–Crippen LogP) is 5.72. The lowest BCUT2D eigenvalue weighted by molar-refractivity contribution is -0.914. The third-order valence-corrected chi connectivity index (χ3v) is 8.58. The zero-order valence-electron chi connectivity index (χ0n) is 21.0. The molecule has 1 unspecified atom stereocenters. The SMILES string of the molecule is C=CC[N@@+]1(C)CC[C@@]2(c3cccc(OC)c3)C[C@@H](NC(=O)c3ccc4ccccc4c3)CCC2C1. The Morgan fingerprint density at radius 2 is 1.94 bits per heavy atom. The summed E-state index contributed by atoms with van der Waals surface area (Å²) < 4.78 is 6.65. The van der Waals surface area contributed by atoms with Crippen molar-refractivity contribution >= 4 is 16.7 Å². The van der Waals surface area contributed by atoms with Crippen LogP contribution < -0.4 is 10.1 Å². The van der Waals surface area contributed by atoms with E-state index in [0.717, 1.165) is 71.9 Å². The number of rotatable bonds is 6. The Morgan fingerprint density at radius 1 is 1.11 bits per heavy atom. The second-order valence-corrected chi connectivity index (χ2v) is 10.8. The van der Waals surface area contributed by atoms with Crippen molar-refractivity contribution in [1.82, 2.24) is 5.32 Å². The summed E-state index contributed by atoms with van der Waals surface area (Å²) in [7, 11) is 4.10. The summed E-state index contributed by atoms with van der Waals surface area (Å²) in [6.07, 6.45) is 6.28. The van der Waals surface area contributed by atoms with Crippen LogP contribution in [0.4, 0.5) is 0 Å². The molecule has 5 rings (SSSR count). The fourth-order valence-corrected chi connectivity index (χ4v) is 6.68. The summed E-state index contributed by atoms with van der Waals surface area (Å²) in [5.74, 6) is 1.51. The third-order valence-electron chi connectivity index (χ3n) is 8.58. The van der Waals surface area contributed by atoms with E-state index in [1.807, 2.05) is 36.4 Å². The van der Waals surface area contributed by atoms with E-state index in [2.05, 4.69) is 55.4 Å². The van der Waals surface area contributed by atoms with Crippen molar-refractivity contribution in [3.63, 3.8) is 0 Å². The molecule has 0 aromatic heterocycles. The molecule has 1 aliphatic carbocycles. The van der Waals surface area contributed by atoms with Gasteiger partial charge in [-0.25, -0.2) is 0 Å². The molecule has 0 bridgehead atoms. The number of amides is 1. The topological polar surface area (TPSA) is 38.3 Å². The maximum absolute atomic E-state index is 13.3. The lowest BCUT2D eigenvalue weighted by atomic mass is 9.57. The van der Waals surface area contributed by atoms with Crippen molar-refractivity contribution in [1.29, 1.82) is 0 Å². The number of benzene rings is 3. The molecule has 1 amide bonds. The molecule has 4 heteroatoms. The van der Waals surface area contributed by atoms with E-state index >= 15 is 0 Å². The van der Waals surface area contributed by atoms with Crippen LogP contribution in [0.25, 0.3) is 10.8 Å². The second-order valence-electron chi connectivity index (χ2n) is 10.8. The predicted molar refractivity (Wildman–Crippen MR) is 143 cm³/mol. The number of piperidine rings is 1. The molecular weight excluding hydrogens is 432 g/mol. The van der Waals surface area contributed by atoms with Gasteiger partial charge >= 0.3 is 0 Å². The summed E-state index contributed by atoms with van der Waals surface area (Å²) in [6.45, 7) is 7.29. The average Bonchev–Trinajstić information content (AvgIpc) is 2.88. The van der Waals surface area contributed by atoms with E-state index in [1.54, 1.807) is 7.11 Å². The van der Waals surface area contributed by atoms with E-state index < -0.39 is 0 Å². The zero-order valence-corrected chi connectivity index (χ0v) is 21.0. The van der Waals surface area contributed by atoms with Gasteiger partial charge in [0.1, 0.15) is 5.75 Å². The summed E-state index contributed by atoms with van der Waals surface area (Å²) in [5, 5.41) is 5.67. The van der Waals surface area contributed by atoms with Crippen molar-refractivity contribution < 1.29 is 14.0 Å². The number of nitrogens with one attached hydrogen (secondary N) is 1. The van der Waals surface area contributed by atoms with E-state index in [-0.39, 0.29) is 17.4 Å². The monoisotopic (exact) mass is 469 g/mol. The van der Waals surface area contributed by atoms with E-state index in [1.165, 1.54) is 5.56 Å². The molecule has 2 fully saturated rings. The molecule has 35 heavy (non-hydrogen) atoms. The van der Waals surface area contributed by atoms with E-state index in [9.17, 15) is 4.79 Å². The fourth-order valence-electron chi connectivity index (χ4n) is 6.68. The summed E-state index contributed by atoms with van der Waals surface area (Å²) in [4.78, 5) is 13.3. The highest BCUT2D eigenvalue weighted by molar-refractivity contribution is 5.98. The average molecular weight is 470 g/mol. The highest BCUT2D eigenvalue weighted by Gasteiger charge is 2.52. The highest BCUT2D eigenvalue weighted by atomic mass is 16.5. The maximum atomic E-state index is 13.3. The van der Waals surface area contributed by atoms with Crippen LogP contribution in [-0.2, 0) is 5.41 Å². The number of fused-ring (bicyclic) bond motifs is 2. The van der Waals surface area contributed by atoms with Gasteiger partial charge in [-0.15, -0.1) is 0 Å². The van der Waals surface area contributed by atoms with Crippen molar-refractivity contribution in [2.45, 2.75) is 37.1 Å². The van der Waals surface area contributed by atoms with Crippen molar-refractivity contribution in [2.75, 3.05) is 33.8 Å². The first-order chi connectivity index (χ1) is 16.9. The standard InChI is InChI=1S/C31H36N2O2/c1-4-17-33(2)18-16-31(26-10-7-11-29(20-26)35-3)21-28(15-14-27(31)22-33)32-30(34)25-13-12-23-8-5-6-9-24(23)19-25/h4-13,19-20,27-28H,1,14-18,21-22H2,2-3H3/p+1/t27?,28-,31-,33-/m0/s1. The van der Waals surface area contributed by atoms with E-state index in [0.29, 0.717) is 5.92 Å². The molecule has 3 aromatic rings. The van der Waals surface area contributed by atoms with Gasteiger partial charge in [0, 0.05) is 29.4 Å². The normalized spacial score (nSPS) is 28.2. The molecular formula is C31H37N2O2+. The molecule has 0 spiro atoms. The van der Waals surface area contributed by atoms with Gasteiger partial charge in [-0.1, -0.05) is 49.0 Å². The van der Waals surface area contributed by atoms with Crippen LogP contribution in [0.1, 0.15) is 41.6 Å². The van der Waals surface area contributed by atoms with Crippen molar-refractivity contribution in [3.8, 4) is 5.75 Å². The Morgan fingerprint density at radius 3 is 2.74 bits per heavy atom. The highest BCUT2D eigenvalue weighted by Crippen LogP contribution is 2.50. The number of ether oxygens (including phenoxy) is 1. The van der Waals surface area contributed by atoms with Crippen LogP contribution in [-0.4, -0.2) is 50.2 Å². The minimum atomic E-state index is 0.0306. The lowest BCUT2D eigenvalue weighted by Crippen LogP contribution is -2.62. The number of likely N-dealkylation sites (tertiary alicyclic amines) is 1. The first-order valence-electron chi connectivity index (χ1n) is 12.8. The van der Waals surface area contributed by atoms with Crippen LogP contribution in [0.5, 0.6) is 5.75 Å². The van der Waals surface area contributed by atoms with Gasteiger partial charge in [-0.2, -0.15) is 0 Å². The number of carbonyl (C=O) groups excluding carboxylic acids is 1. The number of hydrogen-bond donors (Lipinski definition) is 1. The Balaban J connectivity index is 1.41. The zero-order chi connectivity index (χ0) is 24.5. The van der Waals surface area contributed by atoms with Gasteiger partial charge in [0.05, 0.1) is 33.8 Å². The minimum Gasteiger partial charge on any atom is -0.497 e. The Hall–Kier alpha value is -3.11. The van der Waals surface area contributed by atoms with Gasteiger partial charge in [-0.3, -0.25) is 4.79 Å². The van der Waals surface area contributed by atoms with Crippen LogP contribution in [0.3, 0.4) is 0 Å². The fraction of sp³-hybridized carbons (Fsp3) is 0.387. The first-order valence-corrected chi connectivity index (χ1v) is 12.8. The van der Waals surface area contributed by atoms with Crippen LogP contribution >= 0.6 is 0 Å². The Labute approximate surface area is 209 Å². The van der Waals surface area contributed by atoms with Crippen LogP contribution in [0.15, 0.2) is 79.4 Å². The van der Waals surface area contributed by atoms with Gasteiger partial charge in [0.15, 0.2) is 0 Å². The summed E-state index contributed by atoms with van der Waals surface area (Å²) >= 11 is 0. The quantitative estimate of drug-likeness (QED) is 0.370. The number of hydrogen-bond acceptors (Lipinski definition) is 2. The minimum absolute atomic E-state index is 0.0306. The van der Waals surface area contributed by atoms with Gasteiger partial charge in [-0.05, 0) is 65.9 Å². The molecule has 3 aromatic carbocycles.